The Morgan fingerprint density at radius 3 is 2.86 bits per heavy atom. The quantitative estimate of drug-likeness (QED) is 0.716. The van der Waals surface area contributed by atoms with Crippen molar-refractivity contribution in [3.05, 3.63) is 29.8 Å². The summed E-state index contributed by atoms with van der Waals surface area (Å²) < 4.78 is 33.7. The number of carbonyl (C=O) groups is 2. The van der Waals surface area contributed by atoms with Crippen LogP contribution in [0.25, 0.3) is 0 Å². The van der Waals surface area contributed by atoms with E-state index in [2.05, 4.69) is 9.71 Å². The lowest BCUT2D eigenvalue weighted by atomic mass is 10.1. The maximum atomic E-state index is 12.6. The molecule has 3 rings (SSSR count). The fourth-order valence-electron chi connectivity index (χ4n) is 3.62. The maximum Gasteiger partial charge on any atom is 0.329 e. The van der Waals surface area contributed by atoms with Crippen LogP contribution in [0.4, 0.5) is 0 Å². The van der Waals surface area contributed by atoms with Crippen LogP contribution in [0.15, 0.2) is 33.6 Å². The van der Waals surface area contributed by atoms with Crippen LogP contribution in [0.3, 0.4) is 0 Å². The predicted octanol–water partition coefficient (Wildman–Crippen LogP) is 1.45. The van der Waals surface area contributed by atoms with Crippen molar-refractivity contribution in [3.8, 4) is 0 Å². The Balaban J connectivity index is 1.67. The van der Waals surface area contributed by atoms with Crippen LogP contribution in [-0.4, -0.2) is 56.3 Å². The lowest BCUT2D eigenvalue weighted by molar-refractivity contribution is -0.152. The van der Waals surface area contributed by atoms with E-state index in [1.807, 2.05) is 13.8 Å². The van der Waals surface area contributed by atoms with Gasteiger partial charge in [-0.05, 0) is 38.3 Å². The molecule has 2 aliphatic heterocycles. The van der Waals surface area contributed by atoms with E-state index >= 15 is 0 Å². The van der Waals surface area contributed by atoms with Gasteiger partial charge in [0.2, 0.25) is 0 Å². The highest BCUT2D eigenvalue weighted by molar-refractivity contribution is 7.90. The van der Waals surface area contributed by atoms with Crippen molar-refractivity contribution in [2.45, 2.75) is 56.5 Å². The van der Waals surface area contributed by atoms with E-state index in [1.54, 1.807) is 23.1 Å². The average Bonchev–Trinajstić information content (AvgIpc) is 3.23. The van der Waals surface area contributed by atoms with Crippen molar-refractivity contribution in [2.24, 2.45) is 4.40 Å². The number of amides is 1. The molecule has 0 saturated carbocycles. The van der Waals surface area contributed by atoms with Crippen LogP contribution in [-0.2, 0) is 24.3 Å². The van der Waals surface area contributed by atoms with Crippen LogP contribution in [0, 0.1) is 0 Å². The highest BCUT2D eigenvalue weighted by Gasteiger charge is 2.40. The topological polar surface area (TPSA) is 105 Å². The van der Waals surface area contributed by atoms with Gasteiger partial charge in [-0.25, -0.2) is 4.79 Å². The summed E-state index contributed by atoms with van der Waals surface area (Å²) in [4.78, 5) is 26.3. The monoisotopic (exact) mass is 407 g/mol. The lowest BCUT2D eigenvalue weighted by Crippen LogP contribution is -2.43. The largest absolute Gasteiger partial charge is 0.454 e. The molecule has 1 fully saturated rings. The van der Waals surface area contributed by atoms with Gasteiger partial charge >= 0.3 is 5.97 Å². The fourth-order valence-corrected chi connectivity index (χ4v) is 4.83. The molecule has 1 N–H and O–H groups in total. The molecule has 9 heteroatoms. The van der Waals surface area contributed by atoms with Crippen LogP contribution in [0.2, 0.25) is 0 Å². The number of hydrogen-bond donors (Lipinski definition) is 1. The molecule has 152 valence electrons. The summed E-state index contributed by atoms with van der Waals surface area (Å²) in [7, 11) is -3.76. The summed E-state index contributed by atoms with van der Waals surface area (Å²) in [5.41, 5.74) is 0.494. The number of hydrogen-bond acceptors (Lipinski definition) is 6. The predicted molar refractivity (Wildman–Crippen MR) is 103 cm³/mol. The maximum absolute atomic E-state index is 12.6. The minimum absolute atomic E-state index is 0.0220. The van der Waals surface area contributed by atoms with Crippen molar-refractivity contribution in [1.29, 1.82) is 0 Å². The number of amidine groups is 1. The van der Waals surface area contributed by atoms with Crippen molar-refractivity contribution < 1.29 is 22.7 Å². The molecule has 28 heavy (non-hydrogen) atoms. The molecule has 1 aromatic carbocycles. The van der Waals surface area contributed by atoms with Gasteiger partial charge in [0.1, 0.15) is 10.9 Å². The van der Waals surface area contributed by atoms with Gasteiger partial charge in [-0.3, -0.25) is 4.79 Å². The summed E-state index contributed by atoms with van der Waals surface area (Å²) in [5.74, 6) is -0.610. The minimum Gasteiger partial charge on any atom is -0.454 e. The first kappa shape index (κ1) is 20.3. The summed E-state index contributed by atoms with van der Waals surface area (Å²) in [6.07, 6.45) is 3.03. The van der Waals surface area contributed by atoms with E-state index in [1.165, 1.54) is 6.07 Å². The van der Waals surface area contributed by atoms with Gasteiger partial charge in [0.25, 0.3) is 15.9 Å². The highest BCUT2D eigenvalue weighted by atomic mass is 32.2. The van der Waals surface area contributed by atoms with E-state index in [0.29, 0.717) is 24.9 Å². The first-order chi connectivity index (χ1) is 13.3. The summed E-state index contributed by atoms with van der Waals surface area (Å²) in [5, 5.41) is 2.78. The second-order valence-corrected chi connectivity index (χ2v) is 8.68. The third kappa shape index (κ3) is 4.19. The summed E-state index contributed by atoms with van der Waals surface area (Å²) in [6, 6.07) is 5.94. The SMILES string of the molecule is CCC[C@H](C)NC(=O)COC(=O)[C@@H]1CCCN1C1=NS(=O)(=O)c2ccccc21. The van der Waals surface area contributed by atoms with Gasteiger partial charge < -0.3 is 15.0 Å². The van der Waals surface area contributed by atoms with E-state index in [4.69, 9.17) is 4.74 Å². The molecule has 1 aromatic rings. The number of nitrogens with zero attached hydrogens (tertiary/aromatic N) is 2. The Morgan fingerprint density at radius 2 is 2.11 bits per heavy atom. The van der Waals surface area contributed by atoms with Crippen LogP contribution < -0.4 is 5.32 Å². The molecule has 0 radical (unpaired) electrons. The second kappa shape index (κ2) is 8.30. The van der Waals surface area contributed by atoms with Crippen LogP contribution in [0.5, 0.6) is 0 Å². The number of carbonyl (C=O) groups excluding carboxylic acids is 2. The normalized spacial score (nSPS) is 21.0. The van der Waals surface area contributed by atoms with Crippen molar-refractivity contribution in [2.75, 3.05) is 13.2 Å². The Hall–Kier alpha value is -2.42. The smallest absolute Gasteiger partial charge is 0.329 e. The van der Waals surface area contributed by atoms with E-state index < -0.39 is 22.0 Å². The van der Waals surface area contributed by atoms with Gasteiger partial charge in [-0.1, -0.05) is 25.5 Å². The van der Waals surface area contributed by atoms with Gasteiger partial charge in [0, 0.05) is 18.2 Å². The number of benzene rings is 1. The zero-order valence-corrected chi connectivity index (χ0v) is 16.9. The molecule has 2 atom stereocenters. The Kier molecular flexibility index (Phi) is 6.02. The van der Waals surface area contributed by atoms with E-state index in [0.717, 1.165) is 12.8 Å². The molecular weight excluding hydrogens is 382 g/mol. The van der Waals surface area contributed by atoms with Crippen molar-refractivity contribution in [1.82, 2.24) is 10.2 Å². The lowest BCUT2D eigenvalue weighted by Gasteiger charge is -2.25. The molecular formula is C19H25N3O5S. The van der Waals surface area contributed by atoms with Crippen molar-refractivity contribution in [3.63, 3.8) is 0 Å². The van der Waals surface area contributed by atoms with Crippen LogP contribution >= 0.6 is 0 Å². The Bertz CT molecular complexity index is 897. The minimum atomic E-state index is -3.76. The molecule has 1 amide bonds. The van der Waals surface area contributed by atoms with E-state index in [9.17, 15) is 18.0 Å². The number of esters is 1. The molecule has 8 nitrogen and oxygen atoms in total. The highest BCUT2D eigenvalue weighted by Crippen LogP contribution is 2.31. The Labute approximate surface area is 165 Å². The third-order valence-corrected chi connectivity index (χ3v) is 6.21. The second-order valence-electron chi connectivity index (χ2n) is 7.10. The van der Waals surface area contributed by atoms with Crippen LogP contribution in [0.1, 0.15) is 45.1 Å². The zero-order chi connectivity index (χ0) is 20.3. The zero-order valence-electron chi connectivity index (χ0n) is 16.1. The molecule has 0 aromatic heterocycles. The van der Waals surface area contributed by atoms with Gasteiger partial charge in [-0.15, -0.1) is 4.40 Å². The molecule has 0 unspecified atom stereocenters. The standard InChI is InChI=1S/C19H25N3O5S/c1-3-7-13(2)20-17(23)12-27-19(24)15-9-6-11-22(15)18-14-8-4-5-10-16(14)28(25,26)21-18/h4-5,8,10,13,15H,3,6-7,9,11-12H2,1-2H3,(H,20,23)/t13-,15-/m0/s1. The van der Waals surface area contributed by atoms with Gasteiger partial charge in [0.15, 0.2) is 12.4 Å². The van der Waals surface area contributed by atoms with Gasteiger partial charge in [0.05, 0.1) is 0 Å². The molecule has 2 heterocycles. The first-order valence-electron chi connectivity index (χ1n) is 9.50. The molecule has 2 aliphatic rings. The van der Waals surface area contributed by atoms with E-state index in [-0.39, 0.29) is 29.3 Å². The number of nitrogens with one attached hydrogen (secondary N) is 1. The number of fused-ring (bicyclic) bond motifs is 1. The summed E-state index contributed by atoms with van der Waals surface area (Å²) >= 11 is 0. The first-order valence-corrected chi connectivity index (χ1v) is 10.9. The third-order valence-electron chi connectivity index (χ3n) is 4.88. The number of ether oxygens (including phenoxy) is 1. The van der Waals surface area contributed by atoms with Gasteiger partial charge in [-0.2, -0.15) is 8.42 Å². The molecule has 1 saturated heterocycles. The average molecular weight is 407 g/mol. The number of sulfonamides is 1. The van der Waals surface area contributed by atoms with Crippen molar-refractivity contribution >= 4 is 27.7 Å². The number of rotatable bonds is 6. The molecule has 0 bridgehead atoms. The Morgan fingerprint density at radius 1 is 1.36 bits per heavy atom. The summed E-state index contributed by atoms with van der Waals surface area (Å²) in [6.45, 7) is 4.08. The molecule has 0 aliphatic carbocycles. The number of likely N-dealkylation sites (tertiary alicyclic amines) is 1. The fraction of sp³-hybridized carbons (Fsp3) is 0.526. The molecule has 0 spiro atoms.